The normalized spacial score (nSPS) is 38.2. The summed E-state index contributed by atoms with van der Waals surface area (Å²) >= 11 is 1.58. The van der Waals surface area contributed by atoms with Crippen molar-refractivity contribution in [3.05, 3.63) is 24.3 Å². The highest BCUT2D eigenvalue weighted by Crippen LogP contribution is 2.60. The van der Waals surface area contributed by atoms with Crippen LogP contribution >= 0.6 is 11.5 Å². The molecule has 5 aliphatic rings. The van der Waals surface area contributed by atoms with E-state index in [-0.39, 0.29) is 35.5 Å². The van der Waals surface area contributed by atoms with Crippen molar-refractivity contribution >= 4 is 39.3 Å². The van der Waals surface area contributed by atoms with Crippen molar-refractivity contribution < 1.29 is 14.7 Å². The molecule has 1 aromatic heterocycles. The number of rotatable bonds is 5. The number of likely N-dealkylation sites (tertiary alicyclic amines) is 1. The minimum absolute atomic E-state index is 0.0101. The Bertz CT molecular complexity index is 1200. The zero-order chi connectivity index (χ0) is 25.3. The van der Waals surface area contributed by atoms with Gasteiger partial charge in [0.25, 0.3) is 0 Å². The van der Waals surface area contributed by atoms with Crippen molar-refractivity contribution in [3.8, 4) is 0 Å². The van der Waals surface area contributed by atoms with Gasteiger partial charge in [0.1, 0.15) is 5.82 Å². The fourth-order valence-electron chi connectivity index (χ4n) is 8.60. The predicted octanol–water partition coefficient (Wildman–Crippen LogP) is 3.62. The molecule has 7 rings (SSSR count). The van der Waals surface area contributed by atoms with E-state index in [1.807, 2.05) is 6.92 Å². The SMILES string of the molecule is C[C@]1(O)C[C@@H]2C[C@H]1[C@H]1C(=O)N(CC3CCCCC3CN3CCN(c4nsc5ccccc45)CC3)C(=O)[C@@H]21. The number of anilines is 1. The van der Waals surface area contributed by atoms with E-state index >= 15 is 0 Å². The molecule has 2 aliphatic heterocycles. The number of nitrogens with zero attached hydrogens (tertiary/aromatic N) is 4. The maximum absolute atomic E-state index is 13.5. The number of aromatic nitrogens is 1. The van der Waals surface area contributed by atoms with Crippen LogP contribution in [0.15, 0.2) is 24.3 Å². The Morgan fingerprint density at radius 1 is 1.00 bits per heavy atom. The van der Waals surface area contributed by atoms with Gasteiger partial charge in [0.05, 0.1) is 22.1 Å². The minimum atomic E-state index is -0.794. The lowest BCUT2D eigenvalue weighted by Gasteiger charge is -2.40. The molecule has 3 aliphatic carbocycles. The number of benzene rings is 1. The highest BCUT2D eigenvalue weighted by molar-refractivity contribution is 7.13. The van der Waals surface area contributed by atoms with Crippen LogP contribution in [-0.4, -0.2) is 76.0 Å². The molecule has 1 N–H and O–H groups in total. The topological polar surface area (TPSA) is 77.0 Å². The zero-order valence-electron chi connectivity index (χ0n) is 21.7. The summed E-state index contributed by atoms with van der Waals surface area (Å²) in [7, 11) is 0. The van der Waals surface area contributed by atoms with Crippen molar-refractivity contribution in [1.82, 2.24) is 14.2 Å². The molecule has 2 amide bonds. The summed E-state index contributed by atoms with van der Waals surface area (Å²) in [5.41, 5.74) is -0.794. The van der Waals surface area contributed by atoms with Crippen LogP contribution in [0.3, 0.4) is 0 Å². The van der Waals surface area contributed by atoms with E-state index < -0.39 is 5.60 Å². The van der Waals surface area contributed by atoms with Gasteiger partial charge < -0.3 is 10.0 Å². The molecule has 7 atom stereocenters. The van der Waals surface area contributed by atoms with Gasteiger partial charge in [0.2, 0.25) is 11.8 Å². The van der Waals surface area contributed by atoms with Gasteiger partial charge in [-0.3, -0.25) is 19.4 Å². The lowest BCUT2D eigenvalue weighted by atomic mass is 9.73. The number of hydrogen-bond donors (Lipinski definition) is 1. The van der Waals surface area contributed by atoms with Crippen molar-refractivity contribution in [1.29, 1.82) is 0 Å². The van der Waals surface area contributed by atoms with Crippen molar-refractivity contribution in [2.24, 2.45) is 35.5 Å². The summed E-state index contributed by atoms with van der Waals surface area (Å²) in [5, 5.41) is 12.1. The van der Waals surface area contributed by atoms with Gasteiger partial charge in [-0.15, -0.1) is 0 Å². The molecule has 2 bridgehead atoms. The average Bonchev–Trinajstić information content (AvgIpc) is 3.62. The predicted molar refractivity (Wildman–Crippen MR) is 144 cm³/mol. The fourth-order valence-corrected chi connectivity index (χ4v) is 9.40. The van der Waals surface area contributed by atoms with Crippen LogP contribution in [0.4, 0.5) is 5.82 Å². The number of fused-ring (bicyclic) bond motifs is 6. The third-order valence-corrected chi connectivity index (χ3v) is 11.3. The van der Waals surface area contributed by atoms with Crippen LogP contribution < -0.4 is 4.90 Å². The molecule has 8 heteroatoms. The van der Waals surface area contributed by atoms with Crippen molar-refractivity contribution in [2.75, 3.05) is 44.2 Å². The maximum Gasteiger partial charge on any atom is 0.233 e. The van der Waals surface area contributed by atoms with Crippen molar-refractivity contribution in [3.63, 3.8) is 0 Å². The highest BCUT2D eigenvalue weighted by Gasteiger charge is 2.67. The van der Waals surface area contributed by atoms with Gasteiger partial charge in [-0.2, -0.15) is 4.37 Å². The van der Waals surface area contributed by atoms with E-state index in [1.54, 1.807) is 16.4 Å². The number of carbonyl (C=O) groups excluding carboxylic acids is 2. The van der Waals surface area contributed by atoms with E-state index in [0.29, 0.717) is 24.8 Å². The fraction of sp³-hybridized carbons (Fsp3) is 0.690. The summed E-state index contributed by atoms with van der Waals surface area (Å²) in [6, 6.07) is 8.49. The molecule has 198 valence electrons. The second-order valence-corrected chi connectivity index (χ2v) is 13.4. The molecule has 7 nitrogen and oxygen atoms in total. The number of carbonyl (C=O) groups is 2. The number of piperazine rings is 1. The largest absolute Gasteiger partial charge is 0.390 e. The van der Waals surface area contributed by atoms with Gasteiger partial charge in [0.15, 0.2) is 0 Å². The second kappa shape index (κ2) is 9.02. The number of imide groups is 1. The summed E-state index contributed by atoms with van der Waals surface area (Å²) < 4.78 is 6.00. The number of aliphatic hydroxyl groups is 1. The molecule has 3 heterocycles. The number of hydrogen-bond acceptors (Lipinski definition) is 7. The third-order valence-electron chi connectivity index (χ3n) is 10.5. The maximum atomic E-state index is 13.5. The molecule has 5 fully saturated rings. The molecular formula is C29H38N4O3S. The van der Waals surface area contributed by atoms with E-state index in [1.165, 1.54) is 29.3 Å². The molecule has 37 heavy (non-hydrogen) atoms. The van der Waals surface area contributed by atoms with Gasteiger partial charge in [-0.25, -0.2) is 0 Å². The zero-order valence-corrected chi connectivity index (χ0v) is 22.5. The van der Waals surface area contributed by atoms with E-state index in [4.69, 9.17) is 4.37 Å². The van der Waals surface area contributed by atoms with Gasteiger partial charge in [0, 0.05) is 50.6 Å². The Labute approximate surface area is 223 Å². The van der Waals surface area contributed by atoms with E-state index in [2.05, 4.69) is 34.1 Å². The average molecular weight is 523 g/mol. The highest BCUT2D eigenvalue weighted by atomic mass is 32.1. The van der Waals surface area contributed by atoms with E-state index in [9.17, 15) is 14.7 Å². The van der Waals surface area contributed by atoms with Gasteiger partial charge >= 0.3 is 0 Å². The van der Waals surface area contributed by atoms with Crippen LogP contribution in [0.25, 0.3) is 10.1 Å². The molecule has 1 aromatic carbocycles. The first kappa shape index (κ1) is 24.0. The standard InChI is InChI=1S/C29H38N4O3S/c1-29(36)15-20-14-22(29)25-24(20)27(34)33(28(25)35)17-19-7-3-2-6-18(19)16-31-10-12-32(13-11-31)26-21-8-4-5-9-23(21)37-30-26/h4-5,8-9,18-20,22,24-25,36H,2-3,6-7,10-17H2,1H3/t18?,19?,20-,22-,24-,25+,29-/m0/s1. The Balaban J connectivity index is 0.991. The van der Waals surface area contributed by atoms with E-state index in [0.717, 1.165) is 51.4 Å². The molecule has 2 saturated heterocycles. The van der Waals surface area contributed by atoms with Crippen LogP contribution in [0.5, 0.6) is 0 Å². The summed E-state index contributed by atoms with van der Waals surface area (Å²) in [5.74, 6) is 1.80. The monoisotopic (exact) mass is 522 g/mol. The summed E-state index contributed by atoms with van der Waals surface area (Å²) in [6.45, 7) is 7.53. The summed E-state index contributed by atoms with van der Waals surface area (Å²) in [4.78, 5) is 33.5. The van der Waals surface area contributed by atoms with Crippen molar-refractivity contribution in [2.45, 2.75) is 51.0 Å². The first-order chi connectivity index (χ1) is 17.9. The van der Waals surface area contributed by atoms with Gasteiger partial charge in [-0.1, -0.05) is 25.0 Å². The lowest BCUT2D eigenvalue weighted by molar-refractivity contribution is -0.142. The molecule has 0 spiro atoms. The van der Waals surface area contributed by atoms with Crippen LogP contribution in [0.2, 0.25) is 0 Å². The first-order valence-corrected chi connectivity index (χ1v) is 15.1. The Hall–Kier alpha value is -2.03. The van der Waals surface area contributed by atoms with Gasteiger partial charge in [-0.05, 0) is 74.0 Å². The van der Waals surface area contributed by atoms with Crippen LogP contribution in [0, 0.1) is 35.5 Å². The summed E-state index contributed by atoms with van der Waals surface area (Å²) in [6.07, 6.45) is 6.22. The Kier molecular flexibility index (Phi) is 5.86. The number of amides is 2. The molecule has 2 aromatic rings. The smallest absolute Gasteiger partial charge is 0.233 e. The minimum Gasteiger partial charge on any atom is -0.390 e. The molecule has 2 unspecified atom stereocenters. The molecule has 0 radical (unpaired) electrons. The Morgan fingerprint density at radius 2 is 1.70 bits per heavy atom. The first-order valence-electron chi connectivity index (χ1n) is 14.3. The quantitative estimate of drug-likeness (QED) is 0.605. The van der Waals surface area contributed by atoms with Crippen LogP contribution in [0.1, 0.15) is 45.4 Å². The second-order valence-electron chi connectivity index (χ2n) is 12.6. The molecule has 3 saturated carbocycles. The third kappa shape index (κ3) is 3.93. The molecular weight excluding hydrogens is 484 g/mol. The lowest BCUT2D eigenvalue weighted by Crippen LogP contribution is -2.49. The Morgan fingerprint density at radius 3 is 2.49 bits per heavy atom. The van der Waals surface area contributed by atoms with Crippen LogP contribution in [-0.2, 0) is 9.59 Å².